The lowest BCUT2D eigenvalue weighted by Crippen LogP contribution is -2.14. The van der Waals surface area contributed by atoms with E-state index in [0.29, 0.717) is 17.0 Å². The first kappa shape index (κ1) is 12.8. The number of hydrogen-bond donors (Lipinski definition) is 0. The lowest BCUT2D eigenvalue weighted by molar-refractivity contribution is 0.339. The Morgan fingerprint density at radius 1 is 1.18 bits per heavy atom. The predicted octanol–water partition coefficient (Wildman–Crippen LogP) is 4.55. The van der Waals surface area contributed by atoms with Gasteiger partial charge in [0.2, 0.25) is 0 Å². The predicted molar refractivity (Wildman–Crippen MR) is 71.5 cm³/mol. The molecule has 1 heterocycles. The molecule has 94 valence electrons. The van der Waals surface area contributed by atoms with Crippen LogP contribution in [-0.2, 0) is 0 Å². The molecule has 2 nitrogen and oxygen atoms in total. The van der Waals surface area contributed by atoms with E-state index in [4.69, 9.17) is 11.6 Å². The molecule has 1 aliphatic rings. The zero-order valence-electron chi connectivity index (χ0n) is 10.9. The van der Waals surface area contributed by atoms with Crippen molar-refractivity contribution in [3.63, 3.8) is 0 Å². The van der Waals surface area contributed by atoms with Gasteiger partial charge >= 0.3 is 0 Å². The molecule has 0 atom stereocenters. The fourth-order valence-electron chi connectivity index (χ4n) is 2.45. The van der Waals surface area contributed by atoms with Gasteiger partial charge in [0.25, 0.3) is 0 Å². The number of halogens is 1. The van der Waals surface area contributed by atoms with Crippen LogP contribution in [0.4, 0.5) is 0 Å². The minimum Gasteiger partial charge on any atom is -0.237 e. The third kappa shape index (κ3) is 3.19. The van der Waals surface area contributed by atoms with E-state index in [-0.39, 0.29) is 0 Å². The standard InChI is InChI=1S/C14H21ClN2/c1-9(2)12-8-13(15)17-14(16-12)11-6-4-10(3)5-7-11/h8-11H,4-7H2,1-3H3. The second-order valence-corrected chi connectivity index (χ2v) is 5.97. The van der Waals surface area contributed by atoms with Gasteiger partial charge in [-0.2, -0.15) is 0 Å². The van der Waals surface area contributed by atoms with E-state index in [2.05, 4.69) is 30.7 Å². The topological polar surface area (TPSA) is 25.8 Å². The van der Waals surface area contributed by atoms with Crippen LogP contribution in [0.25, 0.3) is 0 Å². The van der Waals surface area contributed by atoms with Crippen molar-refractivity contribution in [2.45, 2.75) is 58.3 Å². The van der Waals surface area contributed by atoms with Crippen LogP contribution < -0.4 is 0 Å². The molecule has 0 aromatic carbocycles. The van der Waals surface area contributed by atoms with E-state index in [1.807, 2.05) is 6.07 Å². The molecule has 1 aromatic rings. The summed E-state index contributed by atoms with van der Waals surface area (Å²) in [5.41, 5.74) is 1.07. The molecular formula is C14H21ClN2. The van der Waals surface area contributed by atoms with Gasteiger partial charge in [0.15, 0.2) is 0 Å². The molecule has 0 amide bonds. The maximum atomic E-state index is 6.09. The third-order valence-electron chi connectivity index (χ3n) is 3.70. The summed E-state index contributed by atoms with van der Waals surface area (Å²) in [5, 5.41) is 0.595. The minimum atomic E-state index is 0.414. The summed E-state index contributed by atoms with van der Waals surface area (Å²) in [6.45, 7) is 6.62. The Bertz CT molecular complexity index is 382. The molecule has 1 aliphatic carbocycles. The third-order valence-corrected chi connectivity index (χ3v) is 3.90. The second kappa shape index (κ2) is 5.34. The zero-order chi connectivity index (χ0) is 12.4. The minimum absolute atomic E-state index is 0.414. The molecule has 1 aromatic heterocycles. The molecule has 0 saturated heterocycles. The van der Waals surface area contributed by atoms with Crippen LogP contribution in [0.5, 0.6) is 0 Å². The molecule has 2 rings (SSSR count). The largest absolute Gasteiger partial charge is 0.237 e. The van der Waals surface area contributed by atoms with Crippen molar-refractivity contribution >= 4 is 11.6 Å². The molecular weight excluding hydrogens is 232 g/mol. The summed E-state index contributed by atoms with van der Waals surface area (Å²) in [6, 6.07) is 1.89. The highest BCUT2D eigenvalue weighted by Gasteiger charge is 2.22. The van der Waals surface area contributed by atoms with Crippen molar-refractivity contribution in [2.24, 2.45) is 5.92 Å². The second-order valence-electron chi connectivity index (χ2n) is 5.59. The van der Waals surface area contributed by atoms with Crippen LogP contribution >= 0.6 is 11.6 Å². The molecule has 0 N–H and O–H groups in total. The summed E-state index contributed by atoms with van der Waals surface area (Å²) >= 11 is 6.09. The fraction of sp³-hybridized carbons (Fsp3) is 0.714. The SMILES string of the molecule is CC1CCC(c2nc(Cl)cc(C(C)C)n2)CC1. The van der Waals surface area contributed by atoms with Gasteiger partial charge in [0.1, 0.15) is 11.0 Å². The van der Waals surface area contributed by atoms with Gasteiger partial charge in [-0.15, -0.1) is 0 Å². The van der Waals surface area contributed by atoms with Crippen LogP contribution in [0, 0.1) is 5.92 Å². The number of nitrogens with zero attached hydrogens (tertiary/aromatic N) is 2. The summed E-state index contributed by atoms with van der Waals surface area (Å²) in [4.78, 5) is 9.11. The van der Waals surface area contributed by atoms with Crippen LogP contribution in [0.1, 0.15) is 69.8 Å². The maximum absolute atomic E-state index is 6.09. The normalized spacial score (nSPS) is 25.2. The first-order valence-corrected chi connectivity index (χ1v) is 6.98. The van der Waals surface area contributed by atoms with Crippen molar-refractivity contribution in [3.8, 4) is 0 Å². The number of rotatable bonds is 2. The maximum Gasteiger partial charge on any atom is 0.133 e. The lowest BCUT2D eigenvalue weighted by Gasteiger charge is -2.25. The zero-order valence-corrected chi connectivity index (χ0v) is 11.7. The Kier molecular flexibility index (Phi) is 4.03. The molecule has 1 saturated carbocycles. The van der Waals surface area contributed by atoms with E-state index in [0.717, 1.165) is 17.4 Å². The van der Waals surface area contributed by atoms with Crippen molar-refractivity contribution in [1.82, 2.24) is 9.97 Å². The van der Waals surface area contributed by atoms with Gasteiger partial charge in [-0.25, -0.2) is 9.97 Å². The first-order chi connectivity index (χ1) is 8.06. The molecule has 17 heavy (non-hydrogen) atoms. The molecule has 3 heteroatoms. The van der Waals surface area contributed by atoms with Crippen LogP contribution in [-0.4, -0.2) is 9.97 Å². The van der Waals surface area contributed by atoms with Gasteiger partial charge in [-0.1, -0.05) is 45.2 Å². The number of hydrogen-bond acceptors (Lipinski definition) is 2. The van der Waals surface area contributed by atoms with Gasteiger partial charge in [-0.05, 0) is 30.7 Å². The van der Waals surface area contributed by atoms with Crippen LogP contribution in [0.15, 0.2) is 6.07 Å². The highest BCUT2D eigenvalue weighted by molar-refractivity contribution is 6.29. The van der Waals surface area contributed by atoms with Crippen molar-refractivity contribution in [1.29, 1.82) is 0 Å². The highest BCUT2D eigenvalue weighted by Crippen LogP contribution is 2.34. The van der Waals surface area contributed by atoms with E-state index in [9.17, 15) is 0 Å². The van der Waals surface area contributed by atoms with Gasteiger partial charge in [0.05, 0.1) is 0 Å². The number of aromatic nitrogens is 2. The Morgan fingerprint density at radius 2 is 1.82 bits per heavy atom. The Morgan fingerprint density at radius 3 is 2.41 bits per heavy atom. The lowest BCUT2D eigenvalue weighted by atomic mass is 9.82. The van der Waals surface area contributed by atoms with E-state index < -0.39 is 0 Å². The van der Waals surface area contributed by atoms with Crippen molar-refractivity contribution in [2.75, 3.05) is 0 Å². The molecule has 0 spiro atoms. The smallest absolute Gasteiger partial charge is 0.133 e. The first-order valence-electron chi connectivity index (χ1n) is 6.60. The molecule has 0 aliphatic heterocycles. The van der Waals surface area contributed by atoms with Crippen LogP contribution in [0.2, 0.25) is 5.15 Å². The Hall–Kier alpha value is -0.630. The Balaban J connectivity index is 2.20. The van der Waals surface area contributed by atoms with E-state index in [1.54, 1.807) is 0 Å². The average molecular weight is 253 g/mol. The van der Waals surface area contributed by atoms with Gasteiger partial charge in [-0.3, -0.25) is 0 Å². The molecule has 0 bridgehead atoms. The highest BCUT2D eigenvalue weighted by atomic mass is 35.5. The summed E-state index contributed by atoms with van der Waals surface area (Å²) in [7, 11) is 0. The van der Waals surface area contributed by atoms with Gasteiger partial charge < -0.3 is 0 Å². The quantitative estimate of drug-likeness (QED) is 0.722. The fourth-order valence-corrected chi connectivity index (χ4v) is 2.65. The average Bonchev–Trinajstić information content (AvgIpc) is 2.29. The molecule has 1 fully saturated rings. The summed E-state index contributed by atoms with van der Waals surface area (Å²) < 4.78 is 0. The van der Waals surface area contributed by atoms with Crippen molar-refractivity contribution in [3.05, 3.63) is 22.7 Å². The summed E-state index contributed by atoms with van der Waals surface area (Å²) in [5.74, 6) is 2.75. The Labute approximate surface area is 109 Å². The monoisotopic (exact) mass is 252 g/mol. The molecule has 0 unspecified atom stereocenters. The van der Waals surface area contributed by atoms with Gasteiger partial charge in [0, 0.05) is 11.6 Å². The van der Waals surface area contributed by atoms with E-state index in [1.165, 1.54) is 25.7 Å². The summed E-state index contributed by atoms with van der Waals surface area (Å²) in [6.07, 6.45) is 4.99. The van der Waals surface area contributed by atoms with Crippen molar-refractivity contribution < 1.29 is 0 Å². The van der Waals surface area contributed by atoms with E-state index >= 15 is 0 Å². The van der Waals surface area contributed by atoms with Crippen LogP contribution in [0.3, 0.4) is 0 Å². The molecule has 0 radical (unpaired) electrons.